The third-order valence-electron chi connectivity index (χ3n) is 6.85. The minimum atomic E-state index is -4.61. The number of amides is 2. The maximum atomic E-state index is 13.5. The first-order chi connectivity index (χ1) is 21.4. The van der Waals surface area contributed by atoms with Gasteiger partial charge >= 0.3 is 18.1 Å². The van der Waals surface area contributed by atoms with Crippen LogP contribution in [0.5, 0.6) is 5.75 Å². The molecule has 1 unspecified atom stereocenters. The number of carboxylic acids is 1. The van der Waals surface area contributed by atoms with Crippen molar-refractivity contribution in [3.63, 3.8) is 0 Å². The first-order valence-corrected chi connectivity index (χ1v) is 13.7. The molecule has 0 fully saturated rings. The number of benzene rings is 3. The molecular formula is C33H29F3N2O7. The number of allylic oxidation sites excluding steroid dienone is 1. The number of esters is 1. The quantitative estimate of drug-likeness (QED) is 0.205. The summed E-state index contributed by atoms with van der Waals surface area (Å²) in [6, 6.07) is 20.2. The molecule has 12 heteroatoms. The van der Waals surface area contributed by atoms with Crippen LogP contribution >= 0.6 is 0 Å². The minimum absolute atomic E-state index is 0.0649. The Labute approximate surface area is 256 Å². The minimum Gasteiger partial charge on any atom is -0.480 e. The van der Waals surface area contributed by atoms with Gasteiger partial charge < -0.3 is 24.8 Å². The van der Waals surface area contributed by atoms with Crippen LogP contribution in [0.3, 0.4) is 0 Å². The van der Waals surface area contributed by atoms with Gasteiger partial charge in [0.05, 0.1) is 18.1 Å². The summed E-state index contributed by atoms with van der Waals surface area (Å²) >= 11 is 0. The smallest absolute Gasteiger partial charge is 0.413 e. The fourth-order valence-electron chi connectivity index (χ4n) is 4.59. The lowest BCUT2D eigenvalue weighted by Crippen LogP contribution is -2.35. The number of methoxy groups -OCH3 is 1. The highest BCUT2D eigenvalue weighted by Crippen LogP contribution is 2.36. The summed E-state index contributed by atoms with van der Waals surface area (Å²) in [5.74, 6) is -2.79. The third-order valence-corrected chi connectivity index (χ3v) is 6.85. The number of carboxylic acid groups (broad SMARTS) is 1. The molecule has 1 aliphatic rings. The van der Waals surface area contributed by atoms with E-state index in [-0.39, 0.29) is 29.1 Å². The van der Waals surface area contributed by atoms with Gasteiger partial charge in [-0.3, -0.25) is 14.4 Å². The van der Waals surface area contributed by atoms with E-state index in [0.29, 0.717) is 11.1 Å². The van der Waals surface area contributed by atoms with Crippen molar-refractivity contribution in [2.75, 3.05) is 19.0 Å². The molecule has 4 rings (SSSR count). The number of carbonyl (C=O) groups is 4. The van der Waals surface area contributed by atoms with E-state index in [9.17, 15) is 37.5 Å². The Balaban J connectivity index is 1.39. The molecule has 3 aromatic rings. The SMILES string of the molecule is COC1C=CC(CC(=O)Nc2ccc(C(=O)N(CC(=O)O)Cc3ccc(OC(=O)c4ccccc4)cc3)cc2)=C(C(F)(F)F)C1. The highest BCUT2D eigenvalue weighted by molar-refractivity contribution is 5.97. The zero-order valence-electron chi connectivity index (χ0n) is 24.0. The molecule has 1 atom stereocenters. The first kappa shape index (κ1) is 32.7. The maximum absolute atomic E-state index is 13.5. The van der Waals surface area contributed by atoms with Crippen molar-refractivity contribution in [3.8, 4) is 5.75 Å². The maximum Gasteiger partial charge on any atom is 0.413 e. The number of nitrogens with one attached hydrogen (secondary N) is 1. The number of anilines is 1. The van der Waals surface area contributed by atoms with Gasteiger partial charge in [-0.1, -0.05) is 42.5 Å². The molecule has 2 N–H and O–H groups in total. The van der Waals surface area contributed by atoms with Crippen LogP contribution < -0.4 is 10.1 Å². The summed E-state index contributed by atoms with van der Waals surface area (Å²) in [7, 11) is 1.31. The van der Waals surface area contributed by atoms with E-state index in [1.807, 2.05) is 0 Å². The molecule has 45 heavy (non-hydrogen) atoms. The van der Waals surface area contributed by atoms with E-state index >= 15 is 0 Å². The standard InChI is InChI=1S/C33H29F3N2O7/c1-44-27-16-11-24(28(18-27)33(34,35)36)17-29(39)37-25-12-9-22(10-13-25)31(42)38(20-30(40)41)19-21-7-14-26(15-8-21)45-32(43)23-5-3-2-4-6-23/h2-16,27H,17-20H2,1H3,(H,37,39)(H,40,41). The summed E-state index contributed by atoms with van der Waals surface area (Å²) in [4.78, 5) is 50.7. The molecule has 0 saturated heterocycles. The van der Waals surface area contributed by atoms with Crippen molar-refractivity contribution >= 4 is 29.4 Å². The molecule has 0 radical (unpaired) electrons. The first-order valence-electron chi connectivity index (χ1n) is 13.7. The van der Waals surface area contributed by atoms with Gasteiger partial charge in [0, 0.05) is 36.9 Å². The predicted octanol–water partition coefficient (Wildman–Crippen LogP) is 5.80. The van der Waals surface area contributed by atoms with Gasteiger partial charge in [-0.05, 0) is 59.7 Å². The molecule has 234 valence electrons. The van der Waals surface area contributed by atoms with Crippen LogP contribution in [0.1, 0.15) is 39.1 Å². The van der Waals surface area contributed by atoms with E-state index in [4.69, 9.17) is 9.47 Å². The molecule has 0 bridgehead atoms. The Kier molecular flexibility index (Phi) is 10.5. The molecule has 0 heterocycles. The Morgan fingerprint density at radius 2 is 1.60 bits per heavy atom. The van der Waals surface area contributed by atoms with E-state index in [1.165, 1.54) is 55.7 Å². The lowest BCUT2D eigenvalue weighted by molar-refractivity contribution is -0.137. The van der Waals surface area contributed by atoms with Crippen molar-refractivity contribution in [2.24, 2.45) is 0 Å². The highest BCUT2D eigenvalue weighted by atomic mass is 19.4. The number of halogens is 3. The molecule has 2 amide bonds. The van der Waals surface area contributed by atoms with E-state index < -0.39 is 61.0 Å². The number of nitrogens with zero attached hydrogens (tertiary/aromatic N) is 1. The Hall–Kier alpha value is -5.23. The van der Waals surface area contributed by atoms with Gasteiger partial charge in [-0.25, -0.2) is 4.79 Å². The van der Waals surface area contributed by atoms with Gasteiger partial charge in [0.1, 0.15) is 12.3 Å². The topological polar surface area (TPSA) is 122 Å². The van der Waals surface area contributed by atoms with E-state index in [2.05, 4.69) is 5.32 Å². The summed E-state index contributed by atoms with van der Waals surface area (Å²) < 4.78 is 50.9. The van der Waals surface area contributed by atoms with Crippen LogP contribution in [0.4, 0.5) is 18.9 Å². The second kappa shape index (κ2) is 14.5. The molecule has 1 aliphatic carbocycles. The number of aliphatic carboxylic acids is 1. The largest absolute Gasteiger partial charge is 0.480 e. The molecule has 3 aromatic carbocycles. The fourth-order valence-corrected chi connectivity index (χ4v) is 4.59. The van der Waals surface area contributed by atoms with Crippen molar-refractivity contribution in [3.05, 3.63) is 119 Å². The van der Waals surface area contributed by atoms with Crippen molar-refractivity contribution in [2.45, 2.75) is 31.7 Å². The van der Waals surface area contributed by atoms with Crippen LogP contribution in [-0.4, -0.2) is 59.7 Å². The fraction of sp³-hybridized carbons (Fsp3) is 0.212. The molecule has 0 saturated carbocycles. The zero-order valence-corrected chi connectivity index (χ0v) is 24.0. The van der Waals surface area contributed by atoms with Crippen molar-refractivity contribution < 1.29 is 46.9 Å². The lowest BCUT2D eigenvalue weighted by atomic mass is 9.93. The average molecular weight is 623 g/mol. The van der Waals surface area contributed by atoms with Crippen LogP contribution in [-0.2, 0) is 20.9 Å². The molecule has 0 aromatic heterocycles. The van der Waals surface area contributed by atoms with Crippen molar-refractivity contribution in [1.82, 2.24) is 4.90 Å². The zero-order chi connectivity index (χ0) is 32.6. The second-order valence-corrected chi connectivity index (χ2v) is 10.1. The normalized spacial score (nSPS) is 14.5. The molecule has 0 spiro atoms. The van der Waals surface area contributed by atoms with Crippen LogP contribution in [0.2, 0.25) is 0 Å². The summed E-state index contributed by atoms with van der Waals surface area (Å²) in [6.45, 7) is -0.666. The Morgan fingerprint density at radius 1 is 0.933 bits per heavy atom. The number of hydrogen-bond acceptors (Lipinski definition) is 6. The number of hydrogen-bond donors (Lipinski definition) is 2. The monoisotopic (exact) mass is 622 g/mol. The van der Waals surface area contributed by atoms with Gasteiger partial charge in [-0.15, -0.1) is 0 Å². The van der Waals surface area contributed by atoms with Crippen LogP contribution in [0.15, 0.2) is 102 Å². The molecule has 0 aliphatic heterocycles. The Morgan fingerprint density at radius 3 is 2.20 bits per heavy atom. The highest BCUT2D eigenvalue weighted by Gasteiger charge is 2.38. The van der Waals surface area contributed by atoms with Crippen LogP contribution in [0, 0.1) is 0 Å². The second-order valence-electron chi connectivity index (χ2n) is 10.1. The number of alkyl halides is 3. The lowest BCUT2D eigenvalue weighted by Gasteiger charge is -2.23. The van der Waals surface area contributed by atoms with E-state index in [1.54, 1.807) is 42.5 Å². The predicted molar refractivity (Wildman–Crippen MR) is 158 cm³/mol. The summed E-state index contributed by atoms with van der Waals surface area (Å²) in [6.07, 6.45) is -3.55. The average Bonchev–Trinajstić information content (AvgIpc) is 3.01. The summed E-state index contributed by atoms with van der Waals surface area (Å²) in [5, 5.41) is 11.9. The third kappa shape index (κ3) is 9.13. The van der Waals surface area contributed by atoms with Gasteiger partial charge in [0.25, 0.3) is 5.91 Å². The van der Waals surface area contributed by atoms with Crippen molar-refractivity contribution in [1.29, 1.82) is 0 Å². The Bertz CT molecular complexity index is 1600. The molecule has 9 nitrogen and oxygen atoms in total. The van der Waals surface area contributed by atoms with Gasteiger partial charge in [0.2, 0.25) is 5.91 Å². The van der Waals surface area contributed by atoms with Gasteiger partial charge in [0.15, 0.2) is 0 Å². The van der Waals surface area contributed by atoms with Gasteiger partial charge in [-0.2, -0.15) is 13.2 Å². The summed E-state index contributed by atoms with van der Waals surface area (Å²) in [5.41, 5.74) is 0.340. The number of rotatable bonds is 11. The number of ether oxygens (including phenoxy) is 2. The van der Waals surface area contributed by atoms with E-state index in [0.717, 1.165) is 4.90 Å². The molecular weight excluding hydrogens is 593 g/mol. The number of carbonyl (C=O) groups excluding carboxylic acids is 3. The van der Waals surface area contributed by atoms with Crippen LogP contribution in [0.25, 0.3) is 0 Å².